The van der Waals surface area contributed by atoms with Crippen LogP contribution in [-0.4, -0.2) is 41.5 Å². The first-order valence-electron chi connectivity index (χ1n) is 10.1. The lowest BCUT2D eigenvalue weighted by Gasteiger charge is -2.21. The fraction of sp³-hybridized carbons (Fsp3) is 0.409. The molecule has 0 amide bonds. The number of alkyl halides is 2. The van der Waals surface area contributed by atoms with Gasteiger partial charge in [0.1, 0.15) is 5.82 Å². The molecule has 0 saturated carbocycles. The summed E-state index contributed by atoms with van der Waals surface area (Å²) in [6.07, 6.45) is 0.0314. The first-order chi connectivity index (χ1) is 14.9. The summed E-state index contributed by atoms with van der Waals surface area (Å²) in [5.41, 5.74) is 1.80. The summed E-state index contributed by atoms with van der Waals surface area (Å²) in [6, 6.07) is 5.38. The second-order valence-electron chi connectivity index (χ2n) is 7.73. The SMILES string of the molecule is CO[C@H]1CCN(c2cnc3c(C)nnc(N[C@H](C)c4cccc(C(F)F)c4F)c3c2)C1. The van der Waals surface area contributed by atoms with Gasteiger partial charge in [-0.15, -0.1) is 5.10 Å². The topological polar surface area (TPSA) is 63.2 Å². The first kappa shape index (κ1) is 21.3. The van der Waals surface area contributed by atoms with E-state index >= 15 is 0 Å². The lowest BCUT2D eigenvalue weighted by molar-refractivity contribution is 0.121. The number of hydrogen-bond acceptors (Lipinski definition) is 6. The average molecular weight is 431 g/mol. The predicted octanol–water partition coefficient (Wildman–Crippen LogP) is 4.81. The van der Waals surface area contributed by atoms with E-state index in [2.05, 4.69) is 25.4 Å². The highest BCUT2D eigenvalue weighted by atomic mass is 19.3. The van der Waals surface area contributed by atoms with Crippen molar-refractivity contribution in [2.45, 2.75) is 38.8 Å². The van der Waals surface area contributed by atoms with Crippen molar-refractivity contribution in [1.82, 2.24) is 15.2 Å². The third kappa shape index (κ3) is 4.14. The lowest BCUT2D eigenvalue weighted by Crippen LogP contribution is -2.22. The Hall–Kier alpha value is -2.94. The monoisotopic (exact) mass is 431 g/mol. The van der Waals surface area contributed by atoms with Crippen LogP contribution < -0.4 is 10.2 Å². The summed E-state index contributed by atoms with van der Waals surface area (Å²) in [4.78, 5) is 6.76. The van der Waals surface area contributed by atoms with E-state index in [1.807, 2.05) is 13.0 Å². The summed E-state index contributed by atoms with van der Waals surface area (Å²) >= 11 is 0. The van der Waals surface area contributed by atoms with Crippen LogP contribution in [-0.2, 0) is 4.74 Å². The molecule has 9 heteroatoms. The van der Waals surface area contributed by atoms with Crippen LogP contribution in [0.4, 0.5) is 24.7 Å². The van der Waals surface area contributed by atoms with Crippen LogP contribution in [0.1, 0.15) is 42.6 Å². The van der Waals surface area contributed by atoms with Gasteiger partial charge in [-0.2, -0.15) is 5.10 Å². The number of fused-ring (bicyclic) bond motifs is 1. The number of hydrogen-bond donors (Lipinski definition) is 1. The van der Waals surface area contributed by atoms with Gasteiger partial charge in [0, 0.05) is 31.1 Å². The van der Waals surface area contributed by atoms with Crippen LogP contribution >= 0.6 is 0 Å². The standard InChI is InChI=1S/C22H24F3N5O/c1-12(16-5-4-6-17(19(16)23)21(24)25)27-22-18-9-14(30-8-7-15(11-30)31-3)10-26-20(18)13(2)28-29-22/h4-6,9-10,12,15,21H,7-8,11H2,1-3H3,(H,27,29)/t12-,15+/m1/s1. The number of benzene rings is 1. The van der Waals surface area contributed by atoms with Crippen LogP contribution in [0.3, 0.4) is 0 Å². The number of nitrogens with zero attached hydrogens (tertiary/aromatic N) is 4. The molecule has 2 atom stereocenters. The van der Waals surface area contributed by atoms with Gasteiger partial charge in [0.15, 0.2) is 5.82 Å². The maximum absolute atomic E-state index is 14.6. The molecule has 1 N–H and O–H groups in total. The Labute approximate surface area is 178 Å². The van der Waals surface area contributed by atoms with Crippen molar-refractivity contribution in [2.24, 2.45) is 0 Å². The Morgan fingerprint density at radius 2 is 2.00 bits per heavy atom. The van der Waals surface area contributed by atoms with Crippen molar-refractivity contribution in [3.63, 3.8) is 0 Å². The molecule has 1 aromatic carbocycles. The second-order valence-corrected chi connectivity index (χ2v) is 7.73. The number of halogens is 3. The predicted molar refractivity (Wildman–Crippen MR) is 113 cm³/mol. The minimum absolute atomic E-state index is 0.139. The molecule has 164 valence electrons. The summed E-state index contributed by atoms with van der Waals surface area (Å²) in [5, 5.41) is 12.3. The van der Waals surface area contributed by atoms with Gasteiger partial charge in [-0.3, -0.25) is 4.98 Å². The highest BCUT2D eigenvalue weighted by molar-refractivity contribution is 5.92. The molecule has 0 bridgehead atoms. The number of nitrogens with one attached hydrogen (secondary N) is 1. The van der Waals surface area contributed by atoms with Crippen LogP contribution in [0, 0.1) is 12.7 Å². The summed E-state index contributed by atoms with van der Waals surface area (Å²) < 4.78 is 46.2. The Morgan fingerprint density at radius 1 is 1.23 bits per heavy atom. The van der Waals surface area contributed by atoms with Crippen molar-refractivity contribution >= 4 is 22.4 Å². The second kappa shape index (κ2) is 8.66. The van der Waals surface area contributed by atoms with Crippen LogP contribution in [0.5, 0.6) is 0 Å². The van der Waals surface area contributed by atoms with E-state index in [1.165, 1.54) is 12.1 Å². The number of pyridine rings is 1. The number of anilines is 2. The maximum atomic E-state index is 14.6. The van der Waals surface area contributed by atoms with Gasteiger partial charge in [0.25, 0.3) is 6.43 Å². The molecule has 0 unspecified atom stereocenters. The molecule has 6 nitrogen and oxygen atoms in total. The van der Waals surface area contributed by atoms with Crippen molar-refractivity contribution in [1.29, 1.82) is 0 Å². The zero-order valence-corrected chi connectivity index (χ0v) is 17.6. The minimum atomic E-state index is -2.88. The van der Waals surface area contributed by atoms with Crippen LogP contribution in [0.15, 0.2) is 30.5 Å². The van der Waals surface area contributed by atoms with Crippen LogP contribution in [0.2, 0.25) is 0 Å². The van der Waals surface area contributed by atoms with E-state index in [-0.39, 0.29) is 11.7 Å². The quantitative estimate of drug-likeness (QED) is 0.605. The van der Waals surface area contributed by atoms with Gasteiger partial charge in [-0.05, 0) is 26.3 Å². The number of aryl methyl sites for hydroxylation is 1. The smallest absolute Gasteiger partial charge is 0.266 e. The summed E-state index contributed by atoms with van der Waals surface area (Å²) in [7, 11) is 1.71. The number of methoxy groups -OCH3 is 1. The Bertz CT molecular complexity index is 1090. The molecule has 31 heavy (non-hydrogen) atoms. The van der Waals surface area contributed by atoms with E-state index in [1.54, 1.807) is 20.2 Å². The summed E-state index contributed by atoms with van der Waals surface area (Å²) in [6.45, 7) is 5.14. The molecule has 0 spiro atoms. The van der Waals surface area contributed by atoms with Crippen LogP contribution in [0.25, 0.3) is 10.9 Å². The van der Waals surface area contributed by atoms with Crippen molar-refractivity contribution in [3.05, 3.63) is 53.1 Å². The van der Waals surface area contributed by atoms with Gasteiger partial charge in [0.2, 0.25) is 0 Å². The van der Waals surface area contributed by atoms with E-state index in [9.17, 15) is 13.2 Å². The molecule has 3 aromatic rings. The molecule has 3 heterocycles. The molecule has 0 aliphatic carbocycles. The van der Waals surface area contributed by atoms with E-state index < -0.39 is 23.8 Å². The number of ether oxygens (including phenoxy) is 1. The highest BCUT2D eigenvalue weighted by Crippen LogP contribution is 2.32. The highest BCUT2D eigenvalue weighted by Gasteiger charge is 2.24. The largest absolute Gasteiger partial charge is 0.380 e. The van der Waals surface area contributed by atoms with Gasteiger partial charge in [-0.1, -0.05) is 18.2 Å². The molecule has 1 saturated heterocycles. The Balaban J connectivity index is 1.68. The first-order valence-corrected chi connectivity index (χ1v) is 10.1. The molecule has 1 fully saturated rings. The Kier molecular flexibility index (Phi) is 5.95. The molecule has 1 aliphatic heterocycles. The van der Waals surface area contributed by atoms with E-state index in [0.717, 1.165) is 36.7 Å². The molecule has 4 rings (SSSR count). The molecular formula is C22H24F3N5O. The van der Waals surface area contributed by atoms with Crippen molar-refractivity contribution < 1.29 is 17.9 Å². The molecule has 1 aliphatic rings. The van der Waals surface area contributed by atoms with Gasteiger partial charge in [0.05, 0.1) is 40.8 Å². The van der Waals surface area contributed by atoms with Gasteiger partial charge in [-0.25, -0.2) is 13.2 Å². The normalized spacial score (nSPS) is 17.5. The van der Waals surface area contributed by atoms with Crippen molar-refractivity contribution in [3.8, 4) is 0 Å². The average Bonchev–Trinajstić information content (AvgIpc) is 3.25. The zero-order valence-electron chi connectivity index (χ0n) is 17.6. The zero-order chi connectivity index (χ0) is 22.1. The fourth-order valence-electron chi connectivity index (χ4n) is 3.94. The molecule has 0 radical (unpaired) electrons. The molecule has 2 aromatic heterocycles. The third-order valence-electron chi connectivity index (χ3n) is 5.73. The maximum Gasteiger partial charge on any atom is 0.266 e. The van der Waals surface area contributed by atoms with E-state index in [4.69, 9.17) is 4.74 Å². The molecular weight excluding hydrogens is 407 g/mol. The van der Waals surface area contributed by atoms with Gasteiger partial charge >= 0.3 is 0 Å². The number of aromatic nitrogens is 3. The minimum Gasteiger partial charge on any atom is -0.380 e. The third-order valence-corrected chi connectivity index (χ3v) is 5.73. The fourth-order valence-corrected chi connectivity index (χ4v) is 3.94. The lowest BCUT2D eigenvalue weighted by atomic mass is 10.0. The summed E-state index contributed by atoms with van der Waals surface area (Å²) in [5.74, 6) is -0.491. The van der Waals surface area contributed by atoms with Gasteiger partial charge < -0.3 is 15.0 Å². The van der Waals surface area contributed by atoms with Crippen molar-refractivity contribution in [2.75, 3.05) is 30.4 Å². The van der Waals surface area contributed by atoms with E-state index in [0.29, 0.717) is 17.0 Å². The Morgan fingerprint density at radius 3 is 2.71 bits per heavy atom. The number of rotatable bonds is 6.